The zero-order chi connectivity index (χ0) is 28.6. The highest BCUT2D eigenvalue weighted by Gasteiger charge is 2.71. The maximum atomic E-state index is 11.9. The topological polar surface area (TPSA) is 78.7 Å². The van der Waals surface area contributed by atoms with Crippen molar-refractivity contribution in [3.63, 3.8) is 0 Å². The smallest absolute Gasteiger partial charge is 0.302 e. The quantitative estimate of drug-likeness (QED) is 0.191. The monoisotopic (exact) mass is 545 g/mol. The third-order valence-corrected chi connectivity index (χ3v) is 14.6. The molecule has 0 saturated heterocycles. The highest BCUT2D eigenvalue weighted by molar-refractivity contribution is 5.66. The molecule has 0 unspecified atom stereocenters. The van der Waals surface area contributed by atoms with Crippen LogP contribution >= 0.6 is 0 Å². The molecule has 5 aliphatic carbocycles. The minimum absolute atomic E-state index is 0.00925. The van der Waals surface area contributed by atoms with Gasteiger partial charge in [-0.1, -0.05) is 48.5 Å². The lowest BCUT2D eigenvalue weighted by Crippen LogP contribution is -2.66. The van der Waals surface area contributed by atoms with Gasteiger partial charge in [0.1, 0.15) is 6.10 Å². The fraction of sp³-hybridized carbons (Fsp3) is 0.970. The van der Waals surface area contributed by atoms with Gasteiger partial charge in [0.15, 0.2) is 0 Å². The van der Waals surface area contributed by atoms with Gasteiger partial charge in [-0.2, -0.15) is 0 Å². The van der Waals surface area contributed by atoms with Gasteiger partial charge in [0.2, 0.25) is 0 Å². The van der Waals surface area contributed by atoms with Gasteiger partial charge in [0.05, 0.1) is 6.61 Å². The molecule has 0 radical (unpaired) electrons. The van der Waals surface area contributed by atoms with Gasteiger partial charge in [-0.25, -0.2) is 0 Å². The van der Waals surface area contributed by atoms with Crippen LogP contribution in [0, 0.1) is 72.7 Å². The summed E-state index contributed by atoms with van der Waals surface area (Å²) >= 11 is 0. The molecule has 5 saturated carbocycles. The third kappa shape index (κ3) is 4.18. The molecule has 5 fully saturated rings. The second kappa shape index (κ2) is 9.61. The van der Waals surface area contributed by atoms with E-state index >= 15 is 0 Å². The van der Waals surface area contributed by atoms with Crippen LogP contribution in [0.1, 0.15) is 126 Å². The first-order valence-electron chi connectivity index (χ1n) is 16.1. The van der Waals surface area contributed by atoms with E-state index in [2.05, 4.69) is 48.5 Å². The molecular weight excluding hydrogens is 490 g/mol. The number of ether oxygens (including phenoxy) is 1. The van der Waals surface area contributed by atoms with Crippen LogP contribution in [0.15, 0.2) is 0 Å². The Balaban J connectivity index is 1.47. The second-order valence-corrected chi connectivity index (χ2v) is 16.3. The standard InChI is InChI=1S/C33H55NO5/c1-21(2)23-11-16-33(19-20-38-34(36)37)18-17-31(7)24(28(23)33)9-10-26-30(6)14-13-27(39-22(3)35)29(4,5)25(30)12-15-32(26,31)8/h21,23-28H,9-20H2,1-8H3/t23-,24+,25+,26-,27-,28+,30+,31+,32-,33-/m0/s1. The molecule has 0 heterocycles. The van der Waals surface area contributed by atoms with Crippen molar-refractivity contribution >= 4 is 5.97 Å². The highest BCUT2D eigenvalue weighted by atomic mass is 16.9. The molecule has 5 aliphatic rings. The van der Waals surface area contributed by atoms with Gasteiger partial charge >= 0.3 is 5.97 Å². The lowest BCUT2D eigenvalue weighted by molar-refractivity contribution is -0.758. The lowest BCUT2D eigenvalue weighted by atomic mass is 9.32. The molecule has 0 spiro atoms. The molecule has 6 nitrogen and oxygen atoms in total. The van der Waals surface area contributed by atoms with E-state index < -0.39 is 5.09 Å². The predicted octanol–water partition coefficient (Wildman–Crippen LogP) is 8.25. The first-order chi connectivity index (χ1) is 18.1. The summed E-state index contributed by atoms with van der Waals surface area (Å²) in [5.41, 5.74) is 1.03. The van der Waals surface area contributed by atoms with Crippen molar-refractivity contribution in [1.29, 1.82) is 0 Å². The molecule has 0 aromatic carbocycles. The van der Waals surface area contributed by atoms with Crippen LogP contribution in [0.25, 0.3) is 0 Å². The van der Waals surface area contributed by atoms with Crippen LogP contribution < -0.4 is 0 Å². The molecule has 0 N–H and O–H groups in total. The Morgan fingerprint density at radius 3 is 2.26 bits per heavy atom. The zero-order valence-corrected chi connectivity index (χ0v) is 26.0. The number of rotatable bonds is 6. The van der Waals surface area contributed by atoms with E-state index in [1.54, 1.807) is 6.92 Å². The largest absolute Gasteiger partial charge is 0.462 e. The van der Waals surface area contributed by atoms with Gasteiger partial charge < -0.3 is 9.57 Å². The minimum atomic E-state index is -0.601. The van der Waals surface area contributed by atoms with Crippen molar-refractivity contribution in [3.05, 3.63) is 10.1 Å². The van der Waals surface area contributed by atoms with Gasteiger partial charge in [-0.3, -0.25) is 4.79 Å². The van der Waals surface area contributed by atoms with Crippen LogP contribution in [-0.2, 0) is 14.4 Å². The Hall–Kier alpha value is -1.33. The number of nitrogens with zero attached hydrogens (tertiary/aromatic N) is 1. The first-order valence-corrected chi connectivity index (χ1v) is 16.1. The molecule has 39 heavy (non-hydrogen) atoms. The average Bonchev–Trinajstić information content (AvgIpc) is 3.21. The SMILES string of the molecule is CC(=O)O[C@H]1CC[C@]2(C)[C@H](CC[C@@]3(C)[C@H]2CC[C@@H]2[C@H]4[C@H](C(C)C)CC[C@@]4(CCO[N+](=O)[O-])CC[C@]23C)C1(C)C. The molecule has 5 rings (SSSR count). The average molecular weight is 546 g/mol. The van der Waals surface area contributed by atoms with Crippen LogP contribution in [0.2, 0.25) is 0 Å². The minimum Gasteiger partial charge on any atom is -0.462 e. The zero-order valence-electron chi connectivity index (χ0n) is 26.0. The normalized spacial score (nSPS) is 48.3. The maximum Gasteiger partial charge on any atom is 0.302 e. The van der Waals surface area contributed by atoms with Crippen LogP contribution in [0.5, 0.6) is 0 Å². The van der Waals surface area contributed by atoms with Crippen LogP contribution in [0.3, 0.4) is 0 Å². The van der Waals surface area contributed by atoms with Gasteiger partial charge in [-0.15, -0.1) is 10.1 Å². The van der Waals surface area contributed by atoms with E-state index in [1.165, 1.54) is 51.4 Å². The highest BCUT2D eigenvalue weighted by Crippen LogP contribution is 2.78. The number of esters is 1. The van der Waals surface area contributed by atoms with E-state index in [-0.39, 0.29) is 40.3 Å². The summed E-state index contributed by atoms with van der Waals surface area (Å²) in [4.78, 5) is 27.9. The predicted molar refractivity (Wildman–Crippen MR) is 152 cm³/mol. The number of fused-ring (bicyclic) bond motifs is 7. The van der Waals surface area contributed by atoms with Crippen molar-refractivity contribution in [1.82, 2.24) is 0 Å². The number of carbonyl (C=O) groups excluding carboxylic acids is 1. The molecule has 0 aromatic rings. The van der Waals surface area contributed by atoms with Gasteiger partial charge in [-0.05, 0) is 128 Å². The molecular formula is C33H55NO5. The summed E-state index contributed by atoms with van der Waals surface area (Å²) in [6.07, 6.45) is 12.9. The molecule has 0 aliphatic heterocycles. The summed E-state index contributed by atoms with van der Waals surface area (Å²) in [6, 6.07) is 0. The van der Waals surface area contributed by atoms with Crippen LogP contribution in [0.4, 0.5) is 0 Å². The second-order valence-electron chi connectivity index (χ2n) is 16.3. The molecule has 0 amide bonds. The van der Waals surface area contributed by atoms with E-state index in [0.29, 0.717) is 40.9 Å². The van der Waals surface area contributed by atoms with E-state index in [1.807, 2.05) is 0 Å². The number of hydrogen-bond acceptors (Lipinski definition) is 5. The Labute approximate surface area is 236 Å². The summed E-state index contributed by atoms with van der Waals surface area (Å²) in [6.45, 7) is 19.3. The van der Waals surface area contributed by atoms with Gasteiger partial charge in [0, 0.05) is 12.3 Å². The maximum absolute atomic E-state index is 11.9. The fourth-order valence-electron chi connectivity index (χ4n) is 12.7. The van der Waals surface area contributed by atoms with Crippen molar-refractivity contribution < 1.29 is 19.5 Å². The third-order valence-electron chi connectivity index (χ3n) is 14.6. The number of hydrogen-bond donors (Lipinski definition) is 0. The summed E-state index contributed by atoms with van der Waals surface area (Å²) in [7, 11) is 0. The summed E-state index contributed by atoms with van der Waals surface area (Å²) < 4.78 is 5.92. The fourth-order valence-corrected chi connectivity index (χ4v) is 12.7. The molecule has 6 heteroatoms. The Morgan fingerprint density at radius 2 is 1.62 bits per heavy atom. The lowest BCUT2D eigenvalue weighted by Gasteiger charge is -2.73. The molecule has 0 bridgehead atoms. The van der Waals surface area contributed by atoms with Crippen molar-refractivity contribution in [2.45, 2.75) is 132 Å². The van der Waals surface area contributed by atoms with Crippen LogP contribution in [-0.4, -0.2) is 23.8 Å². The molecule has 222 valence electrons. The van der Waals surface area contributed by atoms with Crippen molar-refractivity contribution in [2.75, 3.05) is 6.61 Å². The van der Waals surface area contributed by atoms with E-state index in [0.717, 1.165) is 19.3 Å². The Morgan fingerprint density at radius 1 is 0.897 bits per heavy atom. The summed E-state index contributed by atoms with van der Waals surface area (Å²) in [5, 5.41) is 10.4. The molecule has 0 aromatic heterocycles. The summed E-state index contributed by atoms with van der Waals surface area (Å²) in [5.74, 6) is 3.79. The number of carbonyl (C=O) groups is 1. The van der Waals surface area contributed by atoms with E-state index in [4.69, 9.17) is 9.57 Å². The van der Waals surface area contributed by atoms with Gasteiger partial charge in [0.25, 0.3) is 5.09 Å². The Bertz CT molecular complexity index is 979. The van der Waals surface area contributed by atoms with Crippen molar-refractivity contribution in [3.8, 4) is 0 Å². The van der Waals surface area contributed by atoms with Crippen molar-refractivity contribution in [2.24, 2.45) is 62.6 Å². The van der Waals surface area contributed by atoms with E-state index in [9.17, 15) is 14.9 Å². The first kappa shape index (κ1) is 29.2. The Kier molecular flexibility index (Phi) is 7.19. The molecule has 10 atom stereocenters.